The average Bonchev–Trinajstić information content (AvgIpc) is 3.34. The van der Waals surface area contributed by atoms with E-state index in [2.05, 4.69) is 21.1 Å². The van der Waals surface area contributed by atoms with E-state index >= 15 is 0 Å². The third-order valence-electron chi connectivity index (χ3n) is 8.03. The molecule has 0 aliphatic carbocycles. The van der Waals surface area contributed by atoms with Gasteiger partial charge >= 0.3 is 12.1 Å². The molecule has 1 aliphatic heterocycles. The third kappa shape index (κ3) is 6.86. The Bertz CT molecular complexity index is 1700. The van der Waals surface area contributed by atoms with E-state index in [1.54, 1.807) is 55.8 Å². The summed E-state index contributed by atoms with van der Waals surface area (Å²) in [6, 6.07) is 17.1. The zero-order valence-electron chi connectivity index (χ0n) is 26.0. The molecule has 4 aromatic rings. The van der Waals surface area contributed by atoms with E-state index in [-0.39, 0.29) is 43.1 Å². The van der Waals surface area contributed by atoms with Crippen LogP contribution in [-0.2, 0) is 0 Å². The van der Waals surface area contributed by atoms with Crippen molar-refractivity contribution >= 4 is 45.8 Å². The van der Waals surface area contributed by atoms with Crippen molar-refractivity contribution in [3.63, 3.8) is 0 Å². The van der Waals surface area contributed by atoms with E-state index in [9.17, 15) is 19.5 Å². The Labute approximate surface area is 261 Å². The standard InChI is InChI=1S/C33H38N6O6/c1-19-16-39(20(2)18-40)31(41)26-15-24(34-32(42)36-30-21(3)37-45-22(30)4)13-14-28(26)44-29(19)17-38(5)33(43)35-27-12-8-10-23-9-6-7-11-25(23)27/h6-15,19-20,29,40H,16-18H2,1-5H3,(H,35,43)(H2,34,36,42)/t19-,20+,29+/m0/s1. The van der Waals surface area contributed by atoms with Crippen molar-refractivity contribution in [2.24, 2.45) is 5.92 Å². The Morgan fingerprint density at radius 1 is 1.09 bits per heavy atom. The van der Waals surface area contributed by atoms with Gasteiger partial charge in [-0.2, -0.15) is 0 Å². The van der Waals surface area contributed by atoms with Gasteiger partial charge in [0, 0.05) is 30.6 Å². The number of nitrogens with one attached hydrogen (secondary N) is 3. The van der Waals surface area contributed by atoms with Crippen LogP contribution in [0.1, 0.15) is 35.7 Å². The molecule has 3 atom stereocenters. The number of benzene rings is 3. The summed E-state index contributed by atoms with van der Waals surface area (Å²) in [5.41, 5.74) is 2.29. The molecule has 1 aromatic heterocycles. The minimum absolute atomic E-state index is 0.192. The lowest BCUT2D eigenvalue weighted by Crippen LogP contribution is -2.50. The normalized spacial score (nSPS) is 17.0. The first-order chi connectivity index (χ1) is 21.5. The summed E-state index contributed by atoms with van der Waals surface area (Å²) >= 11 is 0. The molecule has 0 unspecified atom stereocenters. The molecule has 12 nitrogen and oxygen atoms in total. The quantitative estimate of drug-likeness (QED) is 0.216. The van der Waals surface area contributed by atoms with Crippen molar-refractivity contribution in [1.29, 1.82) is 0 Å². The van der Waals surface area contributed by atoms with Gasteiger partial charge in [-0.05, 0) is 50.4 Å². The van der Waals surface area contributed by atoms with Gasteiger partial charge in [-0.25, -0.2) is 9.59 Å². The number of aliphatic hydroxyl groups is 1. The van der Waals surface area contributed by atoms with E-state index in [1.165, 1.54) is 0 Å². The maximum Gasteiger partial charge on any atom is 0.323 e. The van der Waals surface area contributed by atoms with Crippen LogP contribution in [0.4, 0.5) is 26.7 Å². The van der Waals surface area contributed by atoms with Gasteiger partial charge in [0.05, 0.1) is 30.4 Å². The Hall–Kier alpha value is -5.10. The zero-order chi connectivity index (χ0) is 32.2. The molecule has 12 heteroatoms. The van der Waals surface area contributed by atoms with Crippen molar-refractivity contribution < 1.29 is 28.8 Å². The van der Waals surface area contributed by atoms with Gasteiger partial charge in [0.1, 0.15) is 23.2 Å². The minimum atomic E-state index is -0.533. The number of carbonyl (C=O) groups excluding carboxylic acids is 3. The second-order valence-corrected chi connectivity index (χ2v) is 11.4. The highest BCUT2D eigenvalue weighted by Crippen LogP contribution is 2.31. The first-order valence-electron chi connectivity index (χ1n) is 14.8. The number of likely N-dealkylation sites (N-methyl/N-ethyl adjacent to an activating group) is 1. The molecule has 0 saturated carbocycles. The van der Waals surface area contributed by atoms with Gasteiger partial charge in [-0.1, -0.05) is 48.5 Å². The fourth-order valence-corrected chi connectivity index (χ4v) is 5.35. The summed E-state index contributed by atoms with van der Waals surface area (Å²) in [6.07, 6.45) is -0.491. The summed E-state index contributed by atoms with van der Waals surface area (Å²) in [5.74, 6) is 0.247. The van der Waals surface area contributed by atoms with Gasteiger partial charge < -0.3 is 40.1 Å². The highest BCUT2D eigenvalue weighted by molar-refractivity contribution is 6.03. The second kappa shape index (κ2) is 13.3. The largest absolute Gasteiger partial charge is 0.487 e. The van der Waals surface area contributed by atoms with Gasteiger partial charge in [0.2, 0.25) is 0 Å². The number of aryl methyl sites for hydroxylation is 2. The fourth-order valence-electron chi connectivity index (χ4n) is 5.35. The molecule has 5 rings (SSSR count). The summed E-state index contributed by atoms with van der Waals surface area (Å²) in [6.45, 7) is 7.41. The van der Waals surface area contributed by atoms with E-state index < -0.39 is 18.2 Å². The van der Waals surface area contributed by atoms with Crippen LogP contribution in [-0.4, -0.2) is 76.9 Å². The molecule has 1 aliphatic rings. The summed E-state index contributed by atoms with van der Waals surface area (Å²) in [5, 5.41) is 24.2. The molecule has 0 spiro atoms. The number of carbonyl (C=O) groups is 3. The van der Waals surface area contributed by atoms with Gasteiger partial charge in [0.15, 0.2) is 5.76 Å². The highest BCUT2D eigenvalue weighted by atomic mass is 16.5. The van der Waals surface area contributed by atoms with Crippen molar-refractivity contribution in [2.45, 2.75) is 39.8 Å². The van der Waals surface area contributed by atoms with E-state index in [4.69, 9.17) is 9.26 Å². The molecule has 0 fully saturated rings. The first kappa shape index (κ1) is 31.3. The van der Waals surface area contributed by atoms with Crippen molar-refractivity contribution in [1.82, 2.24) is 15.0 Å². The van der Waals surface area contributed by atoms with E-state index in [0.717, 1.165) is 10.8 Å². The summed E-state index contributed by atoms with van der Waals surface area (Å²) in [7, 11) is 1.69. The Balaban J connectivity index is 1.36. The van der Waals surface area contributed by atoms with Crippen LogP contribution in [0.15, 0.2) is 65.2 Å². The number of urea groups is 2. The van der Waals surface area contributed by atoms with Crippen LogP contribution in [0.5, 0.6) is 5.75 Å². The number of rotatable bonds is 7. The van der Waals surface area contributed by atoms with Gasteiger partial charge in [0.25, 0.3) is 5.91 Å². The topological polar surface area (TPSA) is 149 Å². The molecule has 45 heavy (non-hydrogen) atoms. The van der Waals surface area contributed by atoms with Crippen LogP contribution in [0.3, 0.4) is 0 Å². The summed E-state index contributed by atoms with van der Waals surface area (Å²) in [4.78, 5) is 43.0. The molecule has 4 N–H and O–H groups in total. The number of anilines is 3. The molecular formula is C33H38N6O6. The van der Waals surface area contributed by atoms with Crippen LogP contribution in [0.25, 0.3) is 10.8 Å². The zero-order valence-corrected chi connectivity index (χ0v) is 26.0. The Kier molecular flexibility index (Phi) is 9.24. The van der Waals surface area contributed by atoms with Crippen molar-refractivity contribution in [3.8, 4) is 5.75 Å². The molecule has 0 bridgehead atoms. The number of ether oxygens (including phenoxy) is 1. The molecule has 0 saturated heterocycles. The monoisotopic (exact) mass is 614 g/mol. The van der Waals surface area contributed by atoms with Crippen molar-refractivity contribution in [3.05, 3.63) is 77.7 Å². The fraction of sp³-hybridized carbons (Fsp3) is 0.333. The van der Waals surface area contributed by atoms with Gasteiger partial charge in [-0.3, -0.25) is 4.79 Å². The van der Waals surface area contributed by atoms with Crippen LogP contribution in [0.2, 0.25) is 0 Å². The second-order valence-electron chi connectivity index (χ2n) is 11.4. The highest BCUT2D eigenvalue weighted by Gasteiger charge is 2.34. The van der Waals surface area contributed by atoms with E-state index in [0.29, 0.717) is 34.3 Å². The van der Waals surface area contributed by atoms with Crippen LogP contribution in [0, 0.1) is 19.8 Å². The maximum atomic E-state index is 13.8. The lowest BCUT2D eigenvalue weighted by Gasteiger charge is -2.38. The predicted molar refractivity (Wildman–Crippen MR) is 172 cm³/mol. The van der Waals surface area contributed by atoms with Crippen LogP contribution >= 0.6 is 0 Å². The lowest BCUT2D eigenvalue weighted by molar-refractivity contribution is 0.0371. The first-order valence-corrected chi connectivity index (χ1v) is 14.8. The maximum absolute atomic E-state index is 13.8. The number of hydrogen-bond acceptors (Lipinski definition) is 7. The molecule has 2 heterocycles. The number of amides is 5. The number of aromatic nitrogens is 1. The average molecular weight is 615 g/mol. The number of aliphatic hydroxyl groups excluding tert-OH is 1. The number of nitrogens with zero attached hydrogens (tertiary/aromatic N) is 3. The lowest BCUT2D eigenvalue weighted by atomic mass is 9.99. The number of hydrogen-bond donors (Lipinski definition) is 4. The smallest absolute Gasteiger partial charge is 0.323 e. The predicted octanol–water partition coefficient (Wildman–Crippen LogP) is 5.47. The van der Waals surface area contributed by atoms with Gasteiger partial charge in [-0.15, -0.1) is 0 Å². The van der Waals surface area contributed by atoms with Crippen molar-refractivity contribution in [2.75, 3.05) is 42.7 Å². The van der Waals surface area contributed by atoms with Crippen LogP contribution < -0.4 is 20.7 Å². The summed E-state index contributed by atoms with van der Waals surface area (Å²) < 4.78 is 11.5. The molecule has 236 valence electrons. The molecule has 3 aromatic carbocycles. The minimum Gasteiger partial charge on any atom is -0.487 e. The molecule has 0 radical (unpaired) electrons. The SMILES string of the molecule is Cc1noc(C)c1NC(=O)Nc1ccc2c(c1)C(=O)N([C@H](C)CO)C[C@H](C)[C@@H](CN(C)C(=O)Nc1cccc3ccccc13)O2. The Morgan fingerprint density at radius 2 is 1.84 bits per heavy atom. The number of fused-ring (bicyclic) bond motifs is 2. The molecular weight excluding hydrogens is 576 g/mol. The molecule has 5 amide bonds. The third-order valence-corrected chi connectivity index (χ3v) is 8.03. The Morgan fingerprint density at radius 3 is 2.58 bits per heavy atom. The van der Waals surface area contributed by atoms with E-state index in [1.807, 2.05) is 49.4 Å².